The molecule has 2 aliphatic rings. The molecule has 4 aromatic rings. The van der Waals surface area contributed by atoms with Crippen molar-refractivity contribution in [3.8, 4) is 22.4 Å². The summed E-state index contributed by atoms with van der Waals surface area (Å²) in [6.07, 6.45) is 4.77. The van der Waals surface area contributed by atoms with Gasteiger partial charge >= 0.3 is 12.2 Å². The minimum atomic E-state index is -0.541. The Kier molecular flexibility index (Phi) is 7.63. The molecule has 2 amide bonds. The molecular formula is C34H42N6O4. The highest BCUT2D eigenvalue weighted by Crippen LogP contribution is 2.35. The van der Waals surface area contributed by atoms with E-state index in [0.717, 1.165) is 70.7 Å². The summed E-state index contributed by atoms with van der Waals surface area (Å²) >= 11 is 0. The van der Waals surface area contributed by atoms with Crippen molar-refractivity contribution in [3.05, 3.63) is 60.3 Å². The van der Waals surface area contributed by atoms with Gasteiger partial charge in [0.15, 0.2) is 0 Å². The van der Waals surface area contributed by atoms with Gasteiger partial charge in [0.1, 0.15) is 22.9 Å². The van der Waals surface area contributed by atoms with Crippen molar-refractivity contribution in [3.63, 3.8) is 0 Å². The Hall–Kier alpha value is -4.34. The fourth-order valence-electron chi connectivity index (χ4n) is 6.04. The molecule has 2 fully saturated rings. The lowest BCUT2D eigenvalue weighted by molar-refractivity contribution is 0.0208. The fourth-order valence-corrected chi connectivity index (χ4v) is 6.04. The van der Waals surface area contributed by atoms with Gasteiger partial charge in [0.05, 0.1) is 35.0 Å². The number of hydrogen-bond donors (Lipinski definition) is 2. The summed E-state index contributed by atoms with van der Waals surface area (Å²) in [4.78, 5) is 45.5. The van der Waals surface area contributed by atoms with Gasteiger partial charge in [0.2, 0.25) is 0 Å². The number of ether oxygens (including phenoxy) is 2. The molecule has 10 heteroatoms. The lowest BCUT2D eigenvalue weighted by atomic mass is 10.0. The molecule has 232 valence electrons. The first-order valence-corrected chi connectivity index (χ1v) is 15.5. The van der Waals surface area contributed by atoms with Gasteiger partial charge in [-0.1, -0.05) is 30.3 Å². The van der Waals surface area contributed by atoms with Crippen LogP contribution in [0.15, 0.2) is 48.7 Å². The highest BCUT2D eigenvalue weighted by atomic mass is 16.6. The lowest BCUT2D eigenvalue weighted by Crippen LogP contribution is -2.36. The summed E-state index contributed by atoms with van der Waals surface area (Å²) in [7, 11) is 0. The molecule has 0 bridgehead atoms. The molecule has 6 rings (SSSR count). The van der Waals surface area contributed by atoms with E-state index in [9.17, 15) is 9.59 Å². The topological polar surface area (TPSA) is 116 Å². The molecule has 2 aromatic carbocycles. The number of imidazole rings is 2. The minimum Gasteiger partial charge on any atom is -0.444 e. The van der Waals surface area contributed by atoms with Gasteiger partial charge in [-0.3, -0.25) is 9.80 Å². The molecule has 2 aliphatic heterocycles. The van der Waals surface area contributed by atoms with Crippen LogP contribution in [-0.4, -0.2) is 66.2 Å². The third-order valence-corrected chi connectivity index (χ3v) is 8.02. The van der Waals surface area contributed by atoms with Crippen LogP contribution in [0.2, 0.25) is 0 Å². The van der Waals surface area contributed by atoms with Gasteiger partial charge < -0.3 is 19.4 Å². The fraction of sp³-hybridized carbons (Fsp3) is 0.471. The molecule has 2 aromatic heterocycles. The van der Waals surface area contributed by atoms with Crippen molar-refractivity contribution in [2.75, 3.05) is 13.1 Å². The first-order valence-electron chi connectivity index (χ1n) is 15.5. The second-order valence-electron chi connectivity index (χ2n) is 13.8. The van der Waals surface area contributed by atoms with Gasteiger partial charge in [0, 0.05) is 13.1 Å². The van der Waals surface area contributed by atoms with Crippen LogP contribution in [0, 0.1) is 0 Å². The molecule has 0 radical (unpaired) electrons. The zero-order valence-electron chi connectivity index (χ0n) is 26.4. The van der Waals surface area contributed by atoms with Crippen LogP contribution in [0.3, 0.4) is 0 Å². The Morgan fingerprint density at radius 2 is 1.30 bits per heavy atom. The standard InChI is InChI=1S/C34H42N6O4/c1-33(2,3)43-31(41)39-17-7-9-27(39)29-35-20-26(38-29)22-13-11-21(12-14-22)23-15-16-24-25(19-23)37-30(36-24)28-10-8-18-40(28)32(42)44-34(4,5)6/h11-16,19-20,27-28H,7-10,17-18H2,1-6H3,(H,35,38)(H,36,37)/t27-,28-/m0/s1. The molecule has 44 heavy (non-hydrogen) atoms. The van der Waals surface area contributed by atoms with E-state index < -0.39 is 11.2 Å². The zero-order chi connectivity index (χ0) is 31.2. The summed E-state index contributed by atoms with van der Waals surface area (Å²) in [6.45, 7) is 12.6. The number of amides is 2. The molecule has 0 saturated carbocycles. The number of hydrogen-bond acceptors (Lipinski definition) is 6. The van der Waals surface area contributed by atoms with E-state index in [4.69, 9.17) is 14.5 Å². The van der Waals surface area contributed by atoms with E-state index in [-0.39, 0.29) is 24.3 Å². The Bertz CT molecular complexity index is 1660. The minimum absolute atomic E-state index is 0.121. The predicted molar refractivity (Wildman–Crippen MR) is 169 cm³/mol. The zero-order valence-corrected chi connectivity index (χ0v) is 26.4. The average molecular weight is 599 g/mol. The first-order chi connectivity index (χ1) is 20.8. The number of likely N-dealkylation sites (tertiary alicyclic amines) is 2. The highest BCUT2D eigenvalue weighted by Gasteiger charge is 2.36. The van der Waals surface area contributed by atoms with Crippen molar-refractivity contribution in [1.29, 1.82) is 0 Å². The monoisotopic (exact) mass is 598 g/mol. The molecule has 4 heterocycles. The molecule has 0 unspecified atom stereocenters. The Balaban J connectivity index is 1.17. The highest BCUT2D eigenvalue weighted by molar-refractivity contribution is 5.82. The van der Waals surface area contributed by atoms with Crippen LogP contribution >= 0.6 is 0 Å². The number of H-pyrrole nitrogens is 2. The number of benzene rings is 2. The van der Waals surface area contributed by atoms with E-state index in [0.29, 0.717) is 13.1 Å². The number of aromatic nitrogens is 4. The summed E-state index contributed by atoms with van der Waals surface area (Å²) in [5, 5.41) is 0. The molecule has 10 nitrogen and oxygen atoms in total. The third-order valence-electron chi connectivity index (χ3n) is 8.02. The van der Waals surface area contributed by atoms with Crippen LogP contribution in [-0.2, 0) is 9.47 Å². The number of aromatic amines is 2. The average Bonchev–Trinajstić information content (AvgIpc) is 3.76. The van der Waals surface area contributed by atoms with E-state index in [2.05, 4.69) is 51.4 Å². The van der Waals surface area contributed by atoms with Crippen LogP contribution in [0.4, 0.5) is 9.59 Å². The molecule has 2 atom stereocenters. The van der Waals surface area contributed by atoms with Gasteiger partial charge in [-0.15, -0.1) is 0 Å². The van der Waals surface area contributed by atoms with Crippen LogP contribution in [0.25, 0.3) is 33.4 Å². The van der Waals surface area contributed by atoms with Crippen LogP contribution in [0.1, 0.15) is 91.0 Å². The first kappa shape index (κ1) is 29.7. The number of carbonyl (C=O) groups is 2. The summed E-state index contributed by atoms with van der Waals surface area (Å²) in [6, 6.07) is 14.3. The second-order valence-corrected chi connectivity index (χ2v) is 13.8. The Morgan fingerprint density at radius 3 is 1.89 bits per heavy atom. The molecule has 2 N–H and O–H groups in total. The predicted octanol–water partition coefficient (Wildman–Crippen LogP) is 7.76. The van der Waals surface area contributed by atoms with E-state index >= 15 is 0 Å². The smallest absolute Gasteiger partial charge is 0.410 e. The van der Waals surface area contributed by atoms with Crippen LogP contribution in [0.5, 0.6) is 0 Å². The number of carbonyl (C=O) groups excluding carboxylic acids is 2. The van der Waals surface area contributed by atoms with Gasteiger partial charge in [-0.25, -0.2) is 19.6 Å². The Morgan fingerprint density at radius 1 is 0.750 bits per heavy atom. The van der Waals surface area contributed by atoms with Crippen molar-refractivity contribution in [1.82, 2.24) is 29.7 Å². The van der Waals surface area contributed by atoms with Crippen molar-refractivity contribution < 1.29 is 19.1 Å². The van der Waals surface area contributed by atoms with Crippen molar-refractivity contribution >= 4 is 23.2 Å². The second kappa shape index (κ2) is 11.3. The summed E-state index contributed by atoms with van der Waals surface area (Å²) < 4.78 is 11.3. The van der Waals surface area contributed by atoms with Crippen molar-refractivity contribution in [2.24, 2.45) is 0 Å². The van der Waals surface area contributed by atoms with Crippen LogP contribution < -0.4 is 0 Å². The number of fused-ring (bicyclic) bond motifs is 1. The quantitative estimate of drug-likeness (QED) is 0.248. The van der Waals surface area contributed by atoms with Gasteiger partial charge in [-0.2, -0.15) is 0 Å². The maximum atomic E-state index is 12.8. The van der Waals surface area contributed by atoms with E-state index in [1.165, 1.54) is 0 Å². The van der Waals surface area contributed by atoms with E-state index in [1.54, 1.807) is 9.80 Å². The largest absolute Gasteiger partial charge is 0.444 e. The Labute approximate surface area is 258 Å². The van der Waals surface area contributed by atoms with Crippen molar-refractivity contribution in [2.45, 2.75) is 90.5 Å². The molecule has 0 spiro atoms. The number of nitrogens with zero attached hydrogens (tertiary/aromatic N) is 4. The van der Waals surface area contributed by atoms with Gasteiger partial charge in [-0.05, 0) is 96.0 Å². The SMILES string of the molecule is CC(C)(C)OC(=O)N1CCC[C@H]1c1ncc(-c2ccc(-c3ccc4nc([C@@H]5CCCN5C(=O)OC(C)(C)C)[nH]c4c3)cc2)[nH]1. The number of nitrogens with one attached hydrogen (secondary N) is 2. The third kappa shape index (κ3) is 6.30. The molecule has 2 saturated heterocycles. The maximum absolute atomic E-state index is 12.8. The molecular weight excluding hydrogens is 556 g/mol. The van der Waals surface area contributed by atoms with Gasteiger partial charge in [0.25, 0.3) is 0 Å². The summed E-state index contributed by atoms with van der Waals surface area (Å²) in [5.41, 5.74) is 4.79. The molecule has 0 aliphatic carbocycles. The number of rotatable bonds is 4. The normalized spacial score (nSPS) is 19.1. The lowest BCUT2D eigenvalue weighted by Gasteiger charge is -2.27. The van der Waals surface area contributed by atoms with E-state index in [1.807, 2.05) is 53.8 Å². The maximum Gasteiger partial charge on any atom is 0.410 e. The summed E-state index contributed by atoms with van der Waals surface area (Å²) in [5.74, 6) is 1.57.